The molecule has 2 amide bonds. The Morgan fingerprint density at radius 3 is 2.25 bits per heavy atom. The van der Waals surface area contributed by atoms with Crippen molar-refractivity contribution in [1.82, 2.24) is 4.90 Å². The van der Waals surface area contributed by atoms with Crippen LogP contribution in [0.15, 0.2) is 30.3 Å². The van der Waals surface area contributed by atoms with Gasteiger partial charge in [-0.1, -0.05) is 30.3 Å². The summed E-state index contributed by atoms with van der Waals surface area (Å²) >= 11 is 1.01. The van der Waals surface area contributed by atoms with Gasteiger partial charge in [-0.05, 0) is 31.9 Å². The highest BCUT2D eigenvalue weighted by atomic mass is 32.1. The van der Waals surface area contributed by atoms with E-state index in [0.29, 0.717) is 12.1 Å². The SMILES string of the molecule is CCOC(=O)c1sc(NC(=O)N(C)Cc2ccccc2)c(C(=O)OCC)c1C. The third kappa shape index (κ3) is 5.10. The number of urea groups is 1. The number of anilines is 1. The number of nitrogens with one attached hydrogen (secondary N) is 1. The van der Waals surface area contributed by atoms with Crippen molar-refractivity contribution in [3.8, 4) is 0 Å². The van der Waals surface area contributed by atoms with E-state index in [-0.39, 0.29) is 28.7 Å². The molecule has 7 nitrogen and oxygen atoms in total. The van der Waals surface area contributed by atoms with E-state index in [0.717, 1.165) is 16.9 Å². The maximum Gasteiger partial charge on any atom is 0.348 e. The smallest absolute Gasteiger partial charge is 0.348 e. The van der Waals surface area contributed by atoms with Gasteiger partial charge in [0.15, 0.2) is 0 Å². The number of nitrogens with zero attached hydrogens (tertiary/aromatic N) is 1. The van der Waals surface area contributed by atoms with Gasteiger partial charge in [-0.15, -0.1) is 11.3 Å². The molecule has 2 aromatic rings. The van der Waals surface area contributed by atoms with E-state index >= 15 is 0 Å². The van der Waals surface area contributed by atoms with Gasteiger partial charge in [0.05, 0.1) is 18.8 Å². The summed E-state index contributed by atoms with van der Waals surface area (Å²) in [4.78, 5) is 39.0. The minimum Gasteiger partial charge on any atom is -0.462 e. The molecule has 2 rings (SSSR count). The number of carbonyl (C=O) groups excluding carboxylic acids is 3. The van der Waals surface area contributed by atoms with Gasteiger partial charge in [0, 0.05) is 13.6 Å². The predicted octanol–water partition coefficient (Wildman–Crippen LogP) is 4.07. The third-order valence-electron chi connectivity index (χ3n) is 3.92. The zero-order valence-corrected chi connectivity index (χ0v) is 17.2. The van der Waals surface area contributed by atoms with Crippen LogP contribution >= 0.6 is 11.3 Å². The zero-order valence-electron chi connectivity index (χ0n) is 16.4. The maximum atomic E-state index is 12.6. The lowest BCUT2D eigenvalue weighted by Gasteiger charge is -2.18. The molecule has 0 unspecified atom stereocenters. The van der Waals surface area contributed by atoms with Gasteiger partial charge in [-0.2, -0.15) is 0 Å². The maximum absolute atomic E-state index is 12.6. The molecular weight excluding hydrogens is 380 g/mol. The fourth-order valence-corrected chi connectivity index (χ4v) is 3.64. The van der Waals surface area contributed by atoms with Crippen LogP contribution in [0.1, 0.15) is 45.0 Å². The Balaban J connectivity index is 2.26. The number of rotatable bonds is 7. The lowest BCUT2D eigenvalue weighted by molar-refractivity contribution is 0.0527. The molecule has 8 heteroatoms. The first-order valence-electron chi connectivity index (χ1n) is 8.92. The van der Waals surface area contributed by atoms with E-state index in [2.05, 4.69) is 5.32 Å². The quantitative estimate of drug-likeness (QED) is 0.703. The summed E-state index contributed by atoms with van der Waals surface area (Å²) < 4.78 is 10.1. The van der Waals surface area contributed by atoms with Gasteiger partial charge in [0.2, 0.25) is 0 Å². The van der Waals surface area contributed by atoms with Crippen molar-refractivity contribution in [1.29, 1.82) is 0 Å². The fraction of sp³-hybridized carbons (Fsp3) is 0.350. The van der Waals surface area contributed by atoms with Crippen molar-refractivity contribution in [2.24, 2.45) is 0 Å². The molecule has 0 radical (unpaired) electrons. The Kier molecular flexibility index (Phi) is 7.57. The number of esters is 2. The topological polar surface area (TPSA) is 84.9 Å². The van der Waals surface area contributed by atoms with Crippen LogP contribution in [0.25, 0.3) is 0 Å². The summed E-state index contributed by atoms with van der Waals surface area (Å²) in [5.74, 6) is -1.12. The first kappa shape index (κ1) is 21.4. The van der Waals surface area contributed by atoms with Crippen LogP contribution in [0.2, 0.25) is 0 Å². The summed E-state index contributed by atoms with van der Waals surface area (Å²) in [5.41, 5.74) is 1.58. The summed E-state index contributed by atoms with van der Waals surface area (Å²) in [6, 6.07) is 9.14. The molecule has 0 saturated heterocycles. The highest BCUT2D eigenvalue weighted by Gasteiger charge is 2.27. The highest BCUT2D eigenvalue weighted by molar-refractivity contribution is 7.18. The molecule has 0 saturated carbocycles. The molecule has 0 aliphatic heterocycles. The Bertz CT molecular complexity index is 848. The molecule has 0 fully saturated rings. The van der Waals surface area contributed by atoms with Crippen molar-refractivity contribution >= 4 is 34.3 Å². The summed E-state index contributed by atoms with van der Waals surface area (Å²) in [6.45, 7) is 5.83. The van der Waals surface area contributed by atoms with Gasteiger partial charge in [0.25, 0.3) is 0 Å². The number of hydrogen-bond acceptors (Lipinski definition) is 6. The van der Waals surface area contributed by atoms with Crippen LogP contribution in [0, 0.1) is 6.92 Å². The van der Waals surface area contributed by atoms with Crippen molar-refractivity contribution in [2.45, 2.75) is 27.3 Å². The Hall–Kier alpha value is -2.87. The molecule has 1 N–H and O–H groups in total. The van der Waals surface area contributed by atoms with Crippen molar-refractivity contribution in [3.63, 3.8) is 0 Å². The number of benzene rings is 1. The lowest BCUT2D eigenvalue weighted by Crippen LogP contribution is -2.31. The average Bonchev–Trinajstić information content (AvgIpc) is 2.99. The van der Waals surface area contributed by atoms with Crippen molar-refractivity contribution < 1.29 is 23.9 Å². The third-order valence-corrected chi connectivity index (χ3v) is 5.10. The van der Waals surface area contributed by atoms with Gasteiger partial charge >= 0.3 is 18.0 Å². The second kappa shape index (κ2) is 9.89. The van der Waals surface area contributed by atoms with Crippen LogP contribution < -0.4 is 5.32 Å². The molecule has 28 heavy (non-hydrogen) atoms. The van der Waals surface area contributed by atoms with Crippen molar-refractivity contribution in [3.05, 3.63) is 51.9 Å². The normalized spacial score (nSPS) is 10.3. The van der Waals surface area contributed by atoms with Crippen LogP contribution in [0.3, 0.4) is 0 Å². The number of ether oxygens (including phenoxy) is 2. The molecule has 150 valence electrons. The van der Waals surface area contributed by atoms with E-state index in [1.807, 2.05) is 30.3 Å². The highest BCUT2D eigenvalue weighted by Crippen LogP contribution is 2.34. The average molecular weight is 404 g/mol. The molecule has 1 aromatic carbocycles. The van der Waals surface area contributed by atoms with Gasteiger partial charge in [-0.3, -0.25) is 5.32 Å². The number of thiophene rings is 1. The summed E-state index contributed by atoms with van der Waals surface area (Å²) in [5, 5.41) is 2.99. The van der Waals surface area contributed by atoms with E-state index in [4.69, 9.17) is 9.47 Å². The van der Waals surface area contributed by atoms with Crippen LogP contribution in [-0.2, 0) is 16.0 Å². The second-order valence-corrected chi connectivity index (χ2v) is 6.99. The molecule has 1 heterocycles. The molecule has 0 bridgehead atoms. The fourth-order valence-electron chi connectivity index (χ4n) is 2.56. The molecule has 0 aliphatic carbocycles. The van der Waals surface area contributed by atoms with Crippen LogP contribution in [0.5, 0.6) is 0 Å². The van der Waals surface area contributed by atoms with E-state index < -0.39 is 18.0 Å². The molecule has 1 aromatic heterocycles. The summed E-state index contributed by atoms with van der Waals surface area (Å²) in [7, 11) is 1.65. The van der Waals surface area contributed by atoms with Crippen LogP contribution in [0.4, 0.5) is 9.80 Å². The number of amides is 2. The van der Waals surface area contributed by atoms with Gasteiger partial charge < -0.3 is 14.4 Å². The molecule has 0 atom stereocenters. The monoisotopic (exact) mass is 404 g/mol. The minimum absolute atomic E-state index is 0.177. The zero-order chi connectivity index (χ0) is 20.7. The first-order chi connectivity index (χ1) is 13.4. The minimum atomic E-state index is -0.590. The van der Waals surface area contributed by atoms with E-state index in [1.165, 1.54) is 4.90 Å². The van der Waals surface area contributed by atoms with Crippen molar-refractivity contribution in [2.75, 3.05) is 25.6 Å². The molecule has 0 aliphatic rings. The largest absolute Gasteiger partial charge is 0.462 e. The summed E-state index contributed by atoms with van der Waals surface area (Å²) in [6.07, 6.45) is 0. The molecule has 0 spiro atoms. The molecular formula is C20H24N2O5S. The van der Waals surface area contributed by atoms with Gasteiger partial charge in [0.1, 0.15) is 9.88 Å². The lowest BCUT2D eigenvalue weighted by atomic mass is 10.1. The number of hydrogen-bond donors (Lipinski definition) is 1. The Morgan fingerprint density at radius 1 is 1.04 bits per heavy atom. The van der Waals surface area contributed by atoms with Gasteiger partial charge in [-0.25, -0.2) is 14.4 Å². The predicted molar refractivity (Wildman–Crippen MR) is 108 cm³/mol. The van der Waals surface area contributed by atoms with Crippen LogP contribution in [-0.4, -0.2) is 43.1 Å². The number of carbonyl (C=O) groups is 3. The van der Waals surface area contributed by atoms with E-state index in [9.17, 15) is 14.4 Å². The standard InChI is InChI=1S/C20H24N2O5S/c1-5-26-18(23)15-13(3)16(19(24)27-6-2)28-17(15)21-20(25)22(4)12-14-10-8-7-9-11-14/h7-11H,5-6,12H2,1-4H3,(H,21,25). The second-order valence-electron chi connectivity index (χ2n) is 5.97. The Labute approximate surface area is 168 Å². The van der Waals surface area contributed by atoms with E-state index in [1.54, 1.807) is 27.8 Å². The Morgan fingerprint density at radius 2 is 1.64 bits per heavy atom. The first-order valence-corrected chi connectivity index (χ1v) is 9.74.